The highest BCUT2D eigenvalue weighted by molar-refractivity contribution is 5.94. The fraction of sp³-hybridized carbons (Fsp3) is 0.500. The van der Waals surface area contributed by atoms with Crippen molar-refractivity contribution >= 4 is 18.3 Å². The van der Waals surface area contributed by atoms with E-state index in [0.29, 0.717) is 12.2 Å². The van der Waals surface area contributed by atoms with Gasteiger partial charge in [0.25, 0.3) is 5.91 Å². The van der Waals surface area contributed by atoms with E-state index >= 15 is 0 Å². The SMILES string of the molecule is CCOc1cccc(C(=O)N[C@H]2CCCNC2)c1.Cl. The summed E-state index contributed by atoms with van der Waals surface area (Å²) in [6.45, 7) is 4.45. The third-order valence-electron chi connectivity index (χ3n) is 3.04. The molecule has 1 aliphatic rings. The van der Waals surface area contributed by atoms with Crippen LogP contribution >= 0.6 is 12.4 Å². The van der Waals surface area contributed by atoms with E-state index in [1.54, 1.807) is 6.07 Å². The number of ether oxygens (including phenoxy) is 1. The second-order valence-corrected chi connectivity index (χ2v) is 4.48. The van der Waals surface area contributed by atoms with E-state index in [1.165, 1.54) is 0 Å². The molecule has 0 aliphatic carbocycles. The fourth-order valence-electron chi connectivity index (χ4n) is 2.14. The van der Waals surface area contributed by atoms with Crippen LogP contribution in [0, 0.1) is 0 Å². The molecule has 19 heavy (non-hydrogen) atoms. The summed E-state index contributed by atoms with van der Waals surface area (Å²) in [5.41, 5.74) is 0.659. The molecular weight excluding hydrogens is 264 g/mol. The molecule has 0 radical (unpaired) electrons. The summed E-state index contributed by atoms with van der Waals surface area (Å²) >= 11 is 0. The molecule has 0 unspecified atom stereocenters. The first kappa shape index (κ1) is 15.8. The smallest absolute Gasteiger partial charge is 0.251 e. The normalized spacial score (nSPS) is 18.3. The summed E-state index contributed by atoms with van der Waals surface area (Å²) in [7, 11) is 0. The van der Waals surface area contributed by atoms with E-state index in [1.807, 2.05) is 25.1 Å². The van der Waals surface area contributed by atoms with E-state index < -0.39 is 0 Å². The molecule has 4 nitrogen and oxygen atoms in total. The van der Waals surface area contributed by atoms with Crippen LogP contribution in [0.4, 0.5) is 0 Å². The molecule has 0 saturated carbocycles. The molecule has 1 saturated heterocycles. The lowest BCUT2D eigenvalue weighted by atomic mass is 10.1. The average Bonchev–Trinajstić information content (AvgIpc) is 2.40. The largest absolute Gasteiger partial charge is 0.494 e. The van der Waals surface area contributed by atoms with Crippen molar-refractivity contribution in [2.75, 3.05) is 19.7 Å². The van der Waals surface area contributed by atoms with Gasteiger partial charge in [-0.3, -0.25) is 4.79 Å². The minimum absolute atomic E-state index is 0. The van der Waals surface area contributed by atoms with Crippen molar-refractivity contribution in [3.05, 3.63) is 29.8 Å². The summed E-state index contributed by atoms with van der Waals surface area (Å²) < 4.78 is 5.39. The second kappa shape index (κ2) is 8.02. The van der Waals surface area contributed by atoms with Crippen molar-refractivity contribution < 1.29 is 9.53 Å². The topological polar surface area (TPSA) is 50.4 Å². The summed E-state index contributed by atoms with van der Waals surface area (Å²) in [6, 6.07) is 7.55. The number of carbonyl (C=O) groups is 1. The van der Waals surface area contributed by atoms with Gasteiger partial charge in [0.15, 0.2) is 0 Å². The first-order chi connectivity index (χ1) is 8.79. The predicted octanol–water partition coefficient (Wildman–Crippen LogP) is 1.99. The van der Waals surface area contributed by atoms with Gasteiger partial charge in [0.1, 0.15) is 5.75 Å². The Bertz CT molecular complexity index is 406. The van der Waals surface area contributed by atoms with Crippen molar-refractivity contribution in [1.82, 2.24) is 10.6 Å². The monoisotopic (exact) mass is 284 g/mol. The molecule has 1 aromatic rings. The quantitative estimate of drug-likeness (QED) is 0.889. The molecule has 0 spiro atoms. The van der Waals surface area contributed by atoms with Crippen LogP contribution < -0.4 is 15.4 Å². The van der Waals surface area contributed by atoms with Gasteiger partial charge in [-0.1, -0.05) is 6.07 Å². The Balaban J connectivity index is 0.00000180. The molecule has 2 N–H and O–H groups in total. The number of hydrogen-bond acceptors (Lipinski definition) is 3. The number of nitrogens with one attached hydrogen (secondary N) is 2. The van der Waals surface area contributed by atoms with Crippen molar-refractivity contribution in [1.29, 1.82) is 0 Å². The highest BCUT2D eigenvalue weighted by atomic mass is 35.5. The Hall–Kier alpha value is -1.26. The van der Waals surface area contributed by atoms with Crippen LogP contribution in [-0.4, -0.2) is 31.6 Å². The Kier molecular flexibility index (Phi) is 6.67. The van der Waals surface area contributed by atoms with Gasteiger partial charge in [-0.05, 0) is 44.5 Å². The summed E-state index contributed by atoms with van der Waals surface area (Å²) in [5, 5.41) is 6.33. The first-order valence-corrected chi connectivity index (χ1v) is 6.54. The second-order valence-electron chi connectivity index (χ2n) is 4.48. The van der Waals surface area contributed by atoms with Crippen molar-refractivity contribution in [2.45, 2.75) is 25.8 Å². The fourth-order valence-corrected chi connectivity index (χ4v) is 2.14. The van der Waals surface area contributed by atoms with Gasteiger partial charge in [-0.15, -0.1) is 12.4 Å². The van der Waals surface area contributed by atoms with Crippen LogP contribution in [-0.2, 0) is 0 Å². The lowest BCUT2D eigenvalue weighted by Gasteiger charge is -2.23. The Morgan fingerprint density at radius 1 is 1.53 bits per heavy atom. The highest BCUT2D eigenvalue weighted by Gasteiger charge is 2.16. The molecule has 1 aliphatic heterocycles. The number of rotatable bonds is 4. The van der Waals surface area contributed by atoms with E-state index in [-0.39, 0.29) is 24.4 Å². The number of carbonyl (C=O) groups excluding carboxylic acids is 1. The van der Waals surface area contributed by atoms with E-state index in [4.69, 9.17) is 4.74 Å². The Morgan fingerprint density at radius 2 is 2.37 bits per heavy atom. The highest BCUT2D eigenvalue weighted by Crippen LogP contribution is 2.13. The summed E-state index contributed by atoms with van der Waals surface area (Å²) in [5.74, 6) is 0.720. The summed E-state index contributed by atoms with van der Waals surface area (Å²) in [6.07, 6.45) is 2.16. The van der Waals surface area contributed by atoms with Crippen molar-refractivity contribution in [3.8, 4) is 5.75 Å². The minimum atomic E-state index is -0.0229. The zero-order valence-electron chi connectivity index (χ0n) is 11.1. The number of benzene rings is 1. The van der Waals surface area contributed by atoms with Gasteiger partial charge in [-0.25, -0.2) is 0 Å². The van der Waals surface area contributed by atoms with Gasteiger partial charge in [0.2, 0.25) is 0 Å². The molecule has 5 heteroatoms. The van der Waals surface area contributed by atoms with Gasteiger partial charge in [-0.2, -0.15) is 0 Å². The molecule has 0 aromatic heterocycles. The van der Waals surface area contributed by atoms with E-state index in [0.717, 1.165) is 31.7 Å². The maximum absolute atomic E-state index is 12.1. The molecule has 1 fully saturated rings. The zero-order valence-corrected chi connectivity index (χ0v) is 12.0. The third kappa shape index (κ3) is 4.73. The summed E-state index contributed by atoms with van der Waals surface area (Å²) in [4.78, 5) is 12.1. The van der Waals surface area contributed by atoms with Gasteiger partial charge < -0.3 is 15.4 Å². The molecule has 1 heterocycles. The molecular formula is C14H21ClN2O2. The van der Waals surface area contributed by atoms with Crippen LogP contribution in [0.15, 0.2) is 24.3 Å². The number of piperidine rings is 1. The minimum Gasteiger partial charge on any atom is -0.494 e. The van der Waals surface area contributed by atoms with E-state index in [2.05, 4.69) is 10.6 Å². The lowest BCUT2D eigenvalue weighted by Crippen LogP contribution is -2.45. The van der Waals surface area contributed by atoms with Crippen LogP contribution in [0.2, 0.25) is 0 Å². The van der Waals surface area contributed by atoms with Gasteiger partial charge >= 0.3 is 0 Å². The Morgan fingerprint density at radius 3 is 3.05 bits per heavy atom. The lowest BCUT2D eigenvalue weighted by molar-refractivity contribution is 0.0930. The van der Waals surface area contributed by atoms with E-state index in [9.17, 15) is 4.79 Å². The molecule has 1 amide bonds. The molecule has 2 rings (SSSR count). The standard InChI is InChI=1S/C14H20N2O2.ClH/c1-2-18-13-7-3-5-11(9-13)14(17)16-12-6-4-8-15-10-12;/h3,5,7,9,12,15H,2,4,6,8,10H2,1H3,(H,16,17);1H/t12-;/m0./s1. The van der Waals surface area contributed by atoms with Crippen LogP contribution in [0.1, 0.15) is 30.1 Å². The number of hydrogen-bond donors (Lipinski definition) is 2. The number of amides is 1. The third-order valence-corrected chi connectivity index (χ3v) is 3.04. The van der Waals surface area contributed by atoms with Gasteiger partial charge in [0, 0.05) is 18.2 Å². The average molecular weight is 285 g/mol. The number of halogens is 1. The van der Waals surface area contributed by atoms with Crippen molar-refractivity contribution in [2.24, 2.45) is 0 Å². The van der Waals surface area contributed by atoms with Crippen molar-refractivity contribution in [3.63, 3.8) is 0 Å². The molecule has 1 atom stereocenters. The first-order valence-electron chi connectivity index (χ1n) is 6.54. The van der Waals surface area contributed by atoms with Crippen LogP contribution in [0.5, 0.6) is 5.75 Å². The predicted molar refractivity (Wildman–Crippen MR) is 78.2 cm³/mol. The maximum Gasteiger partial charge on any atom is 0.251 e. The molecule has 0 bridgehead atoms. The Labute approximate surface area is 120 Å². The molecule has 106 valence electrons. The van der Waals surface area contributed by atoms with Gasteiger partial charge in [0.05, 0.1) is 6.61 Å². The van der Waals surface area contributed by atoms with Crippen LogP contribution in [0.3, 0.4) is 0 Å². The zero-order chi connectivity index (χ0) is 12.8. The molecule has 1 aromatic carbocycles. The maximum atomic E-state index is 12.1. The van der Waals surface area contributed by atoms with Crippen LogP contribution in [0.25, 0.3) is 0 Å².